The van der Waals surface area contributed by atoms with Gasteiger partial charge in [0.1, 0.15) is 0 Å². The van der Waals surface area contributed by atoms with Crippen LogP contribution in [0.1, 0.15) is 6.42 Å². The average molecular weight is 399 g/mol. The molecule has 7 heteroatoms. The van der Waals surface area contributed by atoms with Crippen molar-refractivity contribution in [1.29, 1.82) is 0 Å². The van der Waals surface area contributed by atoms with Crippen LogP contribution in [0.25, 0.3) is 0 Å². The maximum atomic E-state index is 12.7. The van der Waals surface area contributed by atoms with E-state index in [1.165, 1.54) is 9.80 Å². The number of nitrogens with zero attached hydrogens (tertiary/aromatic N) is 2. The van der Waals surface area contributed by atoms with E-state index in [0.717, 1.165) is 18.7 Å². The highest BCUT2D eigenvalue weighted by molar-refractivity contribution is 7.99. The Morgan fingerprint density at radius 2 is 1.71 bits per heavy atom. The zero-order valence-corrected chi connectivity index (χ0v) is 16.8. The molecule has 1 heterocycles. The minimum atomic E-state index is -0.116. The molecule has 0 aromatic heterocycles. The number of carbonyl (C=O) groups is 2. The van der Waals surface area contributed by atoms with Crippen molar-refractivity contribution >= 4 is 29.5 Å². The summed E-state index contributed by atoms with van der Waals surface area (Å²) in [5, 5.41) is 6.48. The molecule has 6 nitrogen and oxygen atoms in total. The highest BCUT2D eigenvalue weighted by atomic mass is 32.2. The molecule has 2 aliphatic carbocycles. The van der Waals surface area contributed by atoms with Crippen LogP contribution in [0.2, 0.25) is 0 Å². The van der Waals surface area contributed by atoms with Gasteiger partial charge in [0.15, 0.2) is 5.96 Å². The summed E-state index contributed by atoms with van der Waals surface area (Å²) in [7, 11) is 1.72. The Balaban J connectivity index is 1.19. The lowest BCUT2D eigenvalue weighted by Crippen LogP contribution is -2.44. The fourth-order valence-electron chi connectivity index (χ4n) is 4.55. The third-order valence-electron chi connectivity index (χ3n) is 5.82. The van der Waals surface area contributed by atoms with Crippen LogP contribution in [0.5, 0.6) is 0 Å². The summed E-state index contributed by atoms with van der Waals surface area (Å²) in [6.45, 7) is 1.68. The number of allylic oxidation sites excluding steroid dienone is 2. The van der Waals surface area contributed by atoms with Gasteiger partial charge in [-0.15, -0.1) is 11.8 Å². The molecule has 3 aliphatic rings. The zero-order chi connectivity index (χ0) is 19.5. The molecular formula is C21H26N4O2S. The van der Waals surface area contributed by atoms with Gasteiger partial charge in [0.2, 0.25) is 11.8 Å². The second-order valence-corrected chi connectivity index (χ2v) is 8.58. The van der Waals surface area contributed by atoms with Gasteiger partial charge >= 0.3 is 0 Å². The van der Waals surface area contributed by atoms with E-state index in [1.54, 1.807) is 18.8 Å². The molecule has 28 heavy (non-hydrogen) atoms. The van der Waals surface area contributed by atoms with Crippen LogP contribution < -0.4 is 10.6 Å². The number of hydrogen-bond acceptors (Lipinski definition) is 4. The van der Waals surface area contributed by atoms with Crippen LogP contribution in [-0.4, -0.2) is 55.1 Å². The Morgan fingerprint density at radius 1 is 1.07 bits per heavy atom. The van der Waals surface area contributed by atoms with Gasteiger partial charge in [-0.2, -0.15) is 0 Å². The number of likely N-dealkylation sites (tertiary alicyclic amines) is 1. The van der Waals surface area contributed by atoms with Crippen LogP contribution in [-0.2, 0) is 9.59 Å². The predicted octanol–water partition coefficient (Wildman–Crippen LogP) is 1.75. The SMILES string of the molecule is CN=C(NCCSc1ccccc1)NCCN1C(=O)C2C3C=CC(C3)C2C1=O. The summed E-state index contributed by atoms with van der Waals surface area (Å²) >= 11 is 1.78. The normalized spacial score (nSPS) is 28.2. The molecule has 1 saturated heterocycles. The molecule has 2 amide bonds. The minimum Gasteiger partial charge on any atom is -0.356 e. The largest absolute Gasteiger partial charge is 0.356 e. The van der Waals surface area contributed by atoms with E-state index in [1.807, 2.05) is 18.2 Å². The summed E-state index contributed by atoms with van der Waals surface area (Å²) in [6.07, 6.45) is 5.21. The Morgan fingerprint density at radius 3 is 2.36 bits per heavy atom. The molecule has 1 saturated carbocycles. The number of benzene rings is 1. The summed E-state index contributed by atoms with van der Waals surface area (Å²) in [5.41, 5.74) is 0. The summed E-state index contributed by atoms with van der Waals surface area (Å²) in [4.78, 5) is 32.3. The number of guanidine groups is 1. The van der Waals surface area contributed by atoms with Crippen LogP contribution in [0, 0.1) is 23.7 Å². The third-order valence-corrected chi connectivity index (χ3v) is 6.83. The van der Waals surface area contributed by atoms with Crippen molar-refractivity contribution in [2.24, 2.45) is 28.7 Å². The topological polar surface area (TPSA) is 73.8 Å². The quantitative estimate of drug-likeness (QED) is 0.183. The van der Waals surface area contributed by atoms with Gasteiger partial charge in [0.05, 0.1) is 11.8 Å². The highest BCUT2D eigenvalue weighted by Gasteiger charge is 2.58. The van der Waals surface area contributed by atoms with Crippen LogP contribution in [0.3, 0.4) is 0 Å². The Labute approximate surface area is 169 Å². The van der Waals surface area contributed by atoms with E-state index in [4.69, 9.17) is 0 Å². The average Bonchev–Trinajstić information content (AvgIpc) is 3.40. The molecule has 1 aromatic carbocycles. The maximum absolute atomic E-state index is 12.7. The first-order valence-electron chi connectivity index (χ1n) is 9.85. The molecule has 4 rings (SSSR count). The van der Waals surface area contributed by atoms with Crippen molar-refractivity contribution in [2.75, 3.05) is 32.4 Å². The molecule has 0 spiro atoms. The highest BCUT2D eigenvalue weighted by Crippen LogP contribution is 2.52. The van der Waals surface area contributed by atoms with E-state index in [2.05, 4.69) is 39.9 Å². The molecular weight excluding hydrogens is 372 g/mol. The lowest BCUT2D eigenvalue weighted by Gasteiger charge is -2.18. The molecule has 1 aliphatic heterocycles. The molecule has 2 bridgehead atoms. The molecule has 2 N–H and O–H groups in total. The Kier molecular flexibility index (Phi) is 5.71. The minimum absolute atomic E-state index is 0.0101. The number of rotatable bonds is 7. The van der Waals surface area contributed by atoms with Crippen LogP contribution in [0.15, 0.2) is 52.4 Å². The van der Waals surface area contributed by atoms with E-state index < -0.39 is 0 Å². The number of imide groups is 1. The summed E-state index contributed by atoms with van der Waals surface area (Å²) < 4.78 is 0. The van der Waals surface area contributed by atoms with Crippen molar-refractivity contribution in [3.05, 3.63) is 42.5 Å². The standard InChI is InChI=1S/C21H26N4O2S/c1-22-21(24-10-12-28-16-5-3-2-4-6-16)23-9-11-25-19(26)17-14-7-8-15(13-14)18(17)20(25)27/h2-8,14-15,17-18H,9-13H2,1H3,(H2,22,23,24). The molecule has 1 aromatic rings. The number of amides is 2. The second-order valence-electron chi connectivity index (χ2n) is 7.42. The number of thioether (sulfide) groups is 1. The van der Waals surface area contributed by atoms with Crippen molar-refractivity contribution < 1.29 is 9.59 Å². The van der Waals surface area contributed by atoms with E-state index in [-0.39, 0.29) is 35.5 Å². The van der Waals surface area contributed by atoms with E-state index >= 15 is 0 Å². The smallest absolute Gasteiger partial charge is 0.233 e. The second kappa shape index (κ2) is 8.39. The van der Waals surface area contributed by atoms with Gasteiger partial charge in [0.25, 0.3) is 0 Å². The lowest BCUT2D eigenvalue weighted by molar-refractivity contribution is -0.140. The molecule has 148 valence electrons. The fraction of sp³-hybridized carbons (Fsp3) is 0.476. The summed E-state index contributed by atoms with van der Waals surface area (Å²) in [6, 6.07) is 10.3. The number of carbonyl (C=O) groups excluding carboxylic acids is 2. The van der Waals surface area contributed by atoms with Gasteiger partial charge in [-0.05, 0) is 30.4 Å². The lowest BCUT2D eigenvalue weighted by atomic mass is 9.85. The van der Waals surface area contributed by atoms with Gasteiger partial charge in [0, 0.05) is 37.3 Å². The molecule has 0 radical (unpaired) electrons. The van der Waals surface area contributed by atoms with E-state index in [0.29, 0.717) is 19.0 Å². The number of fused-ring (bicyclic) bond motifs is 5. The Hall–Kier alpha value is -2.28. The maximum Gasteiger partial charge on any atom is 0.233 e. The van der Waals surface area contributed by atoms with E-state index in [9.17, 15) is 9.59 Å². The van der Waals surface area contributed by atoms with Gasteiger partial charge < -0.3 is 10.6 Å². The third kappa shape index (κ3) is 3.68. The number of hydrogen-bond donors (Lipinski definition) is 2. The van der Waals surface area contributed by atoms with Crippen molar-refractivity contribution in [1.82, 2.24) is 15.5 Å². The summed E-state index contributed by atoms with van der Waals surface area (Å²) in [5.74, 6) is 1.93. The van der Waals surface area contributed by atoms with Crippen molar-refractivity contribution in [3.63, 3.8) is 0 Å². The first-order chi connectivity index (χ1) is 13.7. The molecule has 4 atom stereocenters. The van der Waals surface area contributed by atoms with Crippen LogP contribution >= 0.6 is 11.8 Å². The van der Waals surface area contributed by atoms with Crippen LogP contribution in [0.4, 0.5) is 0 Å². The Bertz CT molecular complexity index is 765. The van der Waals surface area contributed by atoms with Gasteiger partial charge in [-0.1, -0.05) is 30.4 Å². The first-order valence-corrected chi connectivity index (χ1v) is 10.8. The predicted molar refractivity (Wildman–Crippen MR) is 111 cm³/mol. The number of aliphatic imine (C=N–C) groups is 1. The van der Waals surface area contributed by atoms with Crippen molar-refractivity contribution in [2.45, 2.75) is 11.3 Å². The zero-order valence-electron chi connectivity index (χ0n) is 16.0. The monoisotopic (exact) mass is 398 g/mol. The molecule has 2 fully saturated rings. The first kappa shape index (κ1) is 19.1. The van der Waals surface area contributed by atoms with Crippen molar-refractivity contribution in [3.8, 4) is 0 Å². The van der Waals surface area contributed by atoms with Gasteiger partial charge in [-0.25, -0.2) is 0 Å². The molecule has 4 unspecified atom stereocenters. The fourth-order valence-corrected chi connectivity index (χ4v) is 5.34. The number of nitrogens with one attached hydrogen (secondary N) is 2. The van der Waals surface area contributed by atoms with Gasteiger partial charge in [-0.3, -0.25) is 19.5 Å².